The molecule has 0 spiro atoms. The molecule has 2 aromatic carbocycles. The van der Waals surface area contributed by atoms with E-state index >= 15 is 0 Å². The molecule has 0 aromatic heterocycles. The van der Waals surface area contributed by atoms with Crippen LogP contribution in [0.15, 0.2) is 42.5 Å². The second-order valence-electron chi connectivity index (χ2n) is 7.22. The van der Waals surface area contributed by atoms with Gasteiger partial charge in [-0.1, -0.05) is 36.4 Å². The van der Waals surface area contributed by atoms with Crippen LogP contribution in [0.3, 0.4) is 0 Å². The van der Waals surface area contributed by atoms with Crippen molar-refractivity contribution >= 4 is 34.3 Å². The van der Waals surface area contributed by atoms with Gasteiger partial charge in [0.15, 0.2) is 0 Å². The van der Waals surface area contributed by atoms with Crippen LogP contribution in [0.5, 0.6) is 0 Å². The average Bonchev–Trinajstić information content (AvgIpc) is 3.31. The lowest BCUT2D eigenvalue weighted by molar-refractivity contribution is -0.188. The van der Waals surface area contributed by atoms with Gasteiger partial charge in [-0.2, -0.15) is 13.2 Å². The molecule has 5 rings (SSSR count). The standard InChI is InChI=1S/C19H14F3N3O3/c20-19(21,22)17(27)23-9-11-8-14(23)15-16(26)25(18(28)24(11)15)13-7-3-5-10-4-1-2-6-12(10)13/h1-7,11,14-15H,8-9H2/t11-,14?,15?/m1/s1. The fourth-order valence-electron chi connectivity index (χ4n) is 4.68. The smallest absolute Gasteiger partial charge is 0.327 e. The number of carbonyl (C=O) groups is 3. The molecule has 0 aliphatic carbocycles. The number of hydrogen-bond acceptors (Lipinski definition) is 3. The zero-order valence-corrected chi connectivity index (χ0v) is 14.4. The van der Waals surface area contributed by atoms with Crippen LogP contribution in [0.25, 0.3) is 10.8 Å². The van der Waals surface area contributed by atoms with Gasteiger partial charge in [-0.05, 0) is 17.9 Å². The number of benzene rings is 2. The monoisotopic (exact) mass is 389 g/mol. The molecule has 3 saturated heterocycles. The summed E-state index contributed by atoms with van der Waals surface area (Å²) in [6, 6.07) is 9.29. The highest BCUT2D eigenvalue weighted by Crippen LogP contribution is 2.44. The first kappa shape index (κ1) is 17.0. The molecule has 2 aromatic rings. The van der Waals surface area contributed by atoms with Gasteiger partial charge < -0.3 is 9.80 Å². The Hall–Kier alpha value is -3.10. The zero-order chi connectivity index (χ0) is 19.8. The van der Waals surface area contributed by atoms with Gasteiger partial charge in [0.2, 0.25) is 0 Å². The van der Waals surface area contributed by atoms with Crippen LogP contribution in [0.1, 0.15) is 6.42 Å². The predicted molar refractivity (Wildman–Crippen MR) is 92.4 cm³/mol. The van der Waals surface area contributed by atoms with E-state index in [4.69, 9.17) is 0 Å². The van der Waals surface area contributed by atoms with E-state index in [2.05, 4.69) is 0 Å². The lowest BCUT2D eigenvalue weighted by Crippen LogP contribution is -2.57. The van der Waals surface area contributed by atoms with Crippen molar-refractivity contribution in [1.29, 1.82) is 0 Å². The van der Waals surface area contributed by atoms with E-state index in [1.807, 2.05) is 18.2 Å². The average molecular weight is 389 g/mol. The van der Waals surface area contributed by atoms with E-state index in [1.165, 1.54) is 4.90 Å². The molecule has 28 heavy (non-hydrogen) atoms. The lowest BCUT2D eigenvalue weighted by atomic mass is 10.1. The molecule has 0 radical (unpaired) electrons. The number of urea groups is 1. The van der Waals surface area contributed by atoms with E-state index in [1.54, 1.807) is 24.3 Å². The summed E-state index contributed by atoms with van der Waals surface area (Å²) in [6.07, 6.45) is -4.82. The van der Waals surface area contributed by atoms with Crippen LogP contribution in [-0.2, 0) is 9.59 Å². The number of hydrogen-bond donors (Lipinski definition) is 0. The first-order valence-corrected chi connectivity index (χ1v) is 8.81. The summed E-state index contributed by atoms with van der Waals surface area (Å²) in [5, 5.41) is 1.54. The van der Waals surface area contributed by atoms with Gasteiger partial charge in [0.05, 0.1) is 17.8 Å². The van der Waals surface area contributed by atoms with Crippen molar-refractivity contribution in [2.75, 3.05) is 11.4 Å². The Kier molecular flexibility index (Phi) is 3.32. The minimum absolute atomic E-state index is 0.188. The van der Waals surface area contributed by atoms with Crippen LogP contribution in [-0.4, -0.2) is 58.5 Å². The highest BCUT2D eigenvalue weighted by molar-refractivity contribution is 6.25. The van der Waals surface area contributed by atoms with E-state index < -0.39 is 42.1 Å². The number of halogens is 3. The summed E-state index contributed by atoms with van der Waals surface area (Å²) >= 11 is 0. The summed E-state index contributed by atoms with van der Waals surface area (Å²) < 4.78 is 38.7. The highest BCUT2D eigenvalue weighted by Gasteiger charge is 2.64. The third-order valence-corrected chi connectivity index (χ3v) is 5.78. The Bertz CT molecular complexity index is 1030. The van der Waals surface area contributed by atoms with Gasteiger partial charge in [-0.3, -0.25) is 9.59 Å². The summed E-state index contributed by atoms with van der Waals surface area (Å²) in [5.41, 5.74) is 0.399. The maximum Gasteiger partial charge on any atom is 0.471 e. The van der Waals surface area contributed by atoms with Gasteiger partial charge in [-0.15, -0.1) is 0 Å². The molecule has 3 aliphatic heterocycles. The van der Waals surface area contributed by atoms with Crippen molar-refractivity contribution in [2.24, 2.45) is 0 Å². The number of rotatable bonds is 1. The molecule has 144 valence electrons. The van der Waals surface area contributed by atoms with Gasteiger partial charge in [0.1, 0.15) is 6.04 Å². The summed E-state index contributed by atoms with van der Waals surface area (Å²) in [6.45, 7) is -0.206. The van der Waals surface area contributed by atoms with Crippen molar-refractivity contribution in [3.05, 3.63) is 42.5 Å². The highest BCUT2D eigenvalue weighted by atomic mass is 19.4. The first-order chi connectivity index (χ1) is 13.3. The fourth-order valence-corrected chi connectivity index (χ4v) is 4.68. The molecule has 9 heteroatoms. The third kappa shape index (κ3) is 2.12. The van der Waals surface area contributed by atoms with Crippen molar-refractivity contribution in [1.82, 2.24) is 9.80 Å². The quantitative estimate of drug-likeness (QED) is 0.705. The van der Waals surface area contributed by atoms with Gasteiger partial charge in [-0.25, -0.2) is 9.69 Å². The first-order valence-electron chi connectivity index (χ1n) is 8.81. The van der Waals surface area contributed by atoms with Crippen LogP contribution < -0.4 is 4.90 Å². The van der Waals surface area contributed by atoms with Crippen LogP contribution in [0.2, 0.25) is 0 Å². The summed E-state index contributed by atoms with van der Waals surface area (Å²) in [7, 11) is 0. The summed E-state index contributed by atoms with van der Waals surface area (Å²) in [5.74, 6) is -2.54. The second kappa shape index (κ2) is 5.46. The van der Waals surface area contributed by atoms with Crippen LogP contribution >= 0.6 is 0 Å². The number of amides is 4. The number of likely N-dealkylation sites (tertiary alicyclic amines) is 1. The minimum atomic E-state index is -5.00. The molecule has 2 bridgehead atoms. The number of alkyl halides is 3. The SMILES string of the molecule is O=C1C2C3C[C@H](CN3C(=O)C(F)(F)F)N2C(=O)N1c1cccc2ccccc12. The molecule has 3 aliphatic rings. The number of carbonyl (C=O) groups excluding carboxylic acids is 3. The van der Waals surface area contributed by atoms with Crippen molar-refractivity contribution in [3.8, 4) is 0 Å². The largest absolute Gasteiger partial charge is 0.471 e. The molecule has 0 saturated carbocycles. The topological polar surface area (TPSA) is 60.9 Å². The lowest BCUT2D eigenvalue weighted by Gasteiger charge is -2.35. The van der Waals surface area contributed by atoms with E-state index in [0.29, 0.717) is 16.0 Å². The predicted octanol–water partition coefficient (Wildman–Crippen LogP) is 2.52. The van der Waals surface area contributed by atoms with E-state index in [-0.39, 0.29) is 13.0 Å². The molecule has 3 atom stereocenters. The maximum atomic E-state index is 13.1. The Morgan fingerprint density at radius 3 is 2.50 bits per heavy atom. The summed E-state index contributed by atoms with van der Waals surface area (Å²) in [4.78, 5) is 40.9. The molecule has 2 unspecified atom stereocenters. The van der Waals surface area contributed by atoms with Crippen LogP contribution in [0, 0.1) is 0 Å². The Morgan fingerprint density at radius 2 is 1.75 bits per heavy atom. The Balaban J connectivity index is 1.54. The van der Waals surface area contributed by atoms with Gasteiger partial charge in [0, 0.05) is 11.9 Å². The van der Waals surface area contributed by atoms with Crippen LogP contribution in [0.4, 0.5) is 23.7 Å². The Morgan fingerprint density at radius 1 is 1.04 bits per heavy atom. The fraction of sp³-hybridized carbons (Fsp3) is 0.316. The molecule has 0 N–H and O–H groups in total. The maximum absolute atomic E-state index is 13.1. The molecule has 6 nitrogen and oxygen atoms in total. The normalized spacial score (nSPS) is 26.5. The number of anilines is 1. The Labute approximate surface area is 157 Å². The number of fused-ring (bicyclic) bond motifs is 6. The second-order valence-corrected chi connectivity index (χ2v) is 7.22. The molecular weight excluding hydrogens is 375 g/mol. The van der Waals surface area contributed by atoms with Crippen molar-refractivity contribution in [3.63, 3.8) is 0 Å². The molecule has 3 heterocycles. The zero-order valence-electron chi connectivity index (χ0n) is 14.4. The molecule has 4 amide bonds. The number of imide groups is 1. The number of nitrogens with zero attached hydrogens (tertiary/aromatic N) is 3. The van der Waals surface area contributed by atoms with E-state index in [0.717, 1.165) is 10.3 Å². The van der Waals surface area contributed by atoms with Gasteiger partial charge >= 0.3 is 18.1 Å². The van der Waals surface area contributed by atoms with E-state index in [9.17, 15) is 27.6 Å². The third-order valence-electron chi connectivity index (χ3n) is 5.78. The van der Waals surface area contributed by atoms with Crippen molar-refractivity contribution in [2.45, 2.75) is 30.7 Å². The van der Waals surface area contributed by atoms with Gasteiger partial charge in [0.25, 0.3) is 5.91 Å². The minimum Gasteiger partial charge on any atom is -0.327 e. The van der Waals surface area contributed by atoms with Crippen molar-refractivity contribution < 1.29 is 27.6 Å². The molecule has 3 fully saturated rings. The molecular formula is C19H14F3N3O3. The number of piperazine rings is 1.